The van der Waals surface area contributed by atoms with E-state index in [4.69, 9.17) is 14.2 Å². The van der Waals surface area contributed by atoms with Crippen molar-refractivity contribution in [2.24, 2.45) is 0 Å². The van der Waals surface area contributed by atoms with Crippen molar-refractivity contribution in [1.29, 1.82) is 0 Å². The van der Waals surface area contributed by atoms with Crippen LogP contribution in [-0.4, -0.2) is 58.1 Å². The molecule has 0 bridgehead atoms. The summed E-state index contributed by atoms with van der Waals surface area (Å²) in [6.45, 7) is 1.50. The fourth-order valence-corrected chi connectivity index (χ4v) is 5.11. The minimum atomic E-state index is -3.64. The maximum absolute atomic E-state index is 12.8. The average Bonchev–Trinajstić information content (AvgIpc) is 3.33. The third-order valence-electron chi connectivity index (χ3n) is 5.18. The zero-order valence-corrected chi connectivity index (χ0v) is 17.5. The van der Waals surface area contributed by atoms with E-state index in [0.717, 1.165) is 12.8 Å². The highest BCUT2D eigenvalue weighted by molar-refractivity contribution is 7.89. The number of carbonyl (C=O) groups excluding carboxylic acids is 1. The maximum Gasteiger partial charge on any atom is 0.255 e. The first-order chi connectivity index (χ1) is 14.5. The summed E-state index contributed by atoms with van der Waals surface area (Å²) >= 11 is 0. The minimum absolute atomic E-state index is 0.0847. The second-order valence-electron chi connectivity index (χ2n) is 7.18. The van der Waals surface area contributed by atoms with Crippen molar-refractivity contribution >= 4 is 15.9 Å². The summed E-state index contributed by atoms with van der Waals surface area (Å²) in [6, 6.07) is 11.7. The molecule has 4 rings (SSSR count). The molecule has 2 aromatic carbocycles. The van der Waals surface area contributed by atoms with E-state index in [9.17, 15) is 13.2 Å². The summed E-state index contributed by atoms with van der Waals surface area (Å²) in [5, 5.41) is 2.79. The lowest BCUT2D eigenvalue weighted by Gasteiger charge is -2.26. The standard InChI is InChI=1S/C21H24N2O6S/c1-27-18-9-8-16(30(25,26)23-10-4-5-11-23)12-17(18)21(24)22-13-15-14-28-19-6-2-3-7-20(19)29-15/h2-3,6-9,12,15H,4-5,10-11,13-14H2,1H3,(H,22,24)/t15-/m0/s1. The number of amides is 1. The molecule has 0 aromatic heterocycles. The Balaban J connectivity index is 1.48. The molecule has 0 spiro atoms. The number of rotatable bonds is 6. The quantitative estimate of drug-likeness (QED) is 0.751. The minimum Gasteiger partial charge on any atom is -0.496 e. The molecule has 1 saturated heterocycles. The lowest BCUT2D eigenvalue weighted by molar-refractivity contribution is 0.0787. The summed E-state index contributed by atoms with van der Waals surface area (Å²) < 4.78 is 43.9. The number of nitrogens with zero attached hydrogens (tertiary/aromatic N) is 1. The molecule has 2 aliphatic rings. The van der Waals surface area contributed by atoms with Gasteiger partial charge in [-0.2, -0.15) is 4.31 Å². The van der Waals surface area contributed by atoms with E-state index in [2.05, 4.69) is 5.32 Å². The predicted molar refractivity (Wildman–Crippen MR) is 110 cm³/mol. The molecular formula is C21H24N2O6S. The predicted octanol–water partition coefficient (Wildman–Crippen LogP) is 2.05. The second-order valence-corrected chi connectivity index (χ2v) is 9.12. The molecule has 160 valence electrons. The Morgan fingerprint density at radius 2 is 1.90 bits per heavy atom. The van der Waals surface area contributed by atoms with Gasteiger partial charge in [-0.3, -0.25) is 4.79 Å². The Morgan fingerprint density at radius 3 is 2.63 bits per heavy atom. The van der Waals surface area contributed by atoms with Gasteiger partial charge in [-0.15, -0.1) is 0 Å². The van der Waals surface area contributed by atoms with Crippen molar-refractivity contribution in [3.05, 3.63) is 48.0 Å². The Kier molecular flexibility index (Phi) is 5.83. The first-order valence-corrected chi connectivity index (χ1v) is 11.3. The molecule has 30 heavy (non-hydrogen) atoms. The van der Waals surface area contributed by atoms with Crippen molar-refractivity contribution in [1.82, 2.24) is 9.62 Å². The van der Waals surface area contributed by atoms with E-state index in [1.54, 1.807) is 6.07 Å². The van der Waals surface area contributed by atoms with Crippen LogP contribution in [0.15, 0.2) is 47.4 Å². The van der Waals surface area contributed by atoms with Crippen LogP contribution >= 0.6 is 0 Å². The summed E-state index contributed by atoms with van der Waals surface area (Å²) in [7, 11) is -2.20. The van der Waals surface area contributed by atoms with E-state index in [-0.39, 0.29) is 23.1 Å². The molecule has 1 atom stereocenters. The average molecular weight is 432 g/mol. The van der Waals surface area contributed by atoms with Gasteiger partial charge in [-0.05, 0) is 43.2 Å². The number of para-hydroxylation sites is 2. The lowest BCUT2D eigenvalue weighted by atomic mass is 10.2. The monoisotopic (exact) mass is 432 g/mol. The van der Waals surface area contributed by atoms with Gasteiger partial charge in [0.15, 0.2) is 11.5 Å². The maximum atomic E-state index is 12.8. The smallest absolute Gasteiger partial charge is 0.255 e. The molecule has 0 saturated carbocycles. The van der Waals surface area contributed by atoms with Crippen LogP contribution in [0.1, 0.15) is 23.2 Å². The second kappa shape index (κ2) is 8.53. The number of hydrogen-bond donors (Lipinski definition) is 1. The first-order valence-electron chi connectivity index (χ1n) is 9.84. The van der Waals surface area contributed by atoms with E-state index < -0.39 is 15.9 Å². The molecule has 0 aliphatic carbocycles. The van der Waals surface area contributed by atoms with E-state index in [1.165, 1.54) is 29.6 Å². The van der Waals surface area contributed by atoms with Crippen LogP contribution in [0.3, 0.4) is 0 Å². The van der Waals surface area contributed by atoms with Crippen LogP contribution in [-0.2, 0) is 10.0 Å². The van der Waals surface area contributed by atoms with Crippen molar-refractivity contribution in [3.63, 3.8) is 0 Å². The summed E-state index contributed by atoms with van der Waals surface area (Å²) in [6.07, 6.45) is 1.33. The van der Waals surface area contributed by atoms with Gasteiger partial charge >= 0.3 is 0 Å². The van der Waals surface area contributed by atoms with Crippen LogP contribution in [0.4, 0.5) is 0 Å². The fraction of sp³-hybridized carbons (Fsp3) is 0.381. The largest absolute Gasteiger partial charge is 0.496 e. The van der Waals surface area contributed by atoms with Gasteiger partial charge in [0, 0.05) is 13.1 Å². The SMILES string of the molecule is COc1ccc(S(=O)(=O)N2CCCC2)cc1C(=O)NC[C@H]1COc2ccccc2O1. The van der Waals surface area contributed by atoms with Gasteiger partial charge in [0.05, 0.1) is 24.1 Å². The number of hydrogen-bond acceptors (Lipinski definition) is 6. The Bertz CT molecular complexity index is 1030. The molecule has 1 amide bonds. The van der Waals surface area contributed by atoms with Gasteiger partial charge in [0.2, 0.25) is 10.0 Å². The Hall–Kier alpha value is -2.78. The van der Waals surface area contributed by atoms with Crippen LogP contribution in [0, 0.1) is 0 Å². The number of nitrogens with one attached hydrogen (secondary N) is 1. The number of sulfonamides is 1. The third-order valence-corrected chi connectivity index (χ3v) is 7.07. The zero-order chi connectivity index (χ0) is 21.1. The third kappa shape index (κ3) is 4.08. The molecule has 1 N–H and O–H groups in total. The Morgan fingerprint density at radius 1 is 1.17 bits per heavy atom. The summed E-state index contributed by atoms with van der Waals surface area (Å²) in [5.74, 6) is 1.16. The van der Waals surface area contributed by atoms with Gasteiger partial charge in [-0.25, -0.2) is 8.42 Å². The van der Waals surface area contributed by atoms with Crippen molar-refractivity contribution in [2.75, 3.05) is 33.4 Å². The van der Waals surface area contributed by atoms with Gasteiger partial charge < -0.3 is 19.5 Å². The molecule has 2 aliphatic heterocycles. The van der Waals surface area contributed by atoms with Gasteiger partial charge in [0.25, 0.3) is 5.91 Å². The number of carbonyl (C=O) groups is 1. The normalized spacial score (nSPS) is 18.8. The van der Waals surface area contributed by atoms with E-state index in [0.29, 0.717) is 36.9 Å². The van der Waals surface area contributed by atoms with E-state index >= 15 is 0 Å². The summed E-state index contributed by atoms with van der Waals surface area (Å²) in [5.41, 5.74) is 0.162. The molecule has 1 fully saturated rings. The highest BCUT2D eigenvalue weighted by atomic mass is 32.2. The van der Waals surface area contributed by atoms with Crippen molar-refractivity contribution in [2.45, 2.75) is 23.8 Å². The molecular weight excluding hydrogens is 408 g/mol. The number of methoxy groups -OCH3 is 1. The fourth-order valence-electron chi connectivity index (χ4n) is 3.57. The Labute approximate surface area is 175 Å². The molecule has 8 nitrogen and oxygen atoms in total. The zero-order valence-electron chi connectivity index (χ0n) is 16.7. The van der Waals surface area contributed by atoms with Gasteiger partial charge in [-0.1, -0.05) is 12.1 Å². The van der Waals surface area contributed by atoms with Crippen LogP contribution in [0.25, 0.3) is 0 Å². The highest BCUT2D eigenvalue weighted by Gasteiger charge is 2.29. The van der Waals surface area contributed by atoms with Crippen LogP contribution in [0.5, 0.6) is 17.2 Å². The number of ether oxygens (including phenoxy) is 3. The molecule has 2 aromatic rings. The number of fused-ring (bicyclic) bond motifs is 1. The highest BCUT2D eigenvalue weighted by Crippen LogP contribution is 2.31. The summed E-state index contributed by atoms with van der Waals surface area (Å²) in [4.78, 5) is 12.9. The first kappa shape index (κ1) is 20.5. The number of benzene rings is 2. The molecule has 2 heterocycles. The van der Waals surface area contributed by atoms with E-state index in [1.807, 2.05) is 18.2 Å². The molecule has 9 heteroatoms. The van der Waals surface area contributed by atoms with Crippen molar-refractivity contribution in [3.8, 4) is 17.2 Å². The van der Waals surface area contributed by atoms with Crippen LogP contribution < -0.4 is 19.5 Å². The van der Waals surface area contributed by atoms with Gasteiger partial charge in [0.1, 0.15) is 18.5 Å². The molecule has 0 radical (unpaired) electrons. The lowest BCUT2D eigenvalue weighted by Crippen LogP contribution is -2.40. The topological polar surface area (TPSA) is 94.2 Å². The molecule has 0 unspecified atom stereocenters. The van der Waals surface area contributed by atoms with Crippen LogP contribution in [0.2, 0.25) is 0 Å². The van der Waals surface area contributed by atoms with Crippen molar-refractivity contribution < 1.29 is 27.4 Å².